The summed E-state index contributed by atoms with van der Waals surface area (Å²) < 4.78 is 32.6. The molecule has 24 heavy (non-hydrogen) atoms. The van der Waals surface area contributed by atoms with E-state index in [1.165, 1.54) is 5.56 Å². The standard InChI is InChI=1S/C19H23NO3S/c1-16-7-9-18(10-8-16)23-15-17-11-13-20(14-12-17)24(21,22)19-5-3-2-4-6-19/h2-10,17H,11-15H2,1H3. The molecule has 4 nitrogen and oxygen atoms in total. The number of piperidine rings is 1. The van der Waals surface area contributed by atoms with Crippen LogP contribution in [0.4, 0.5) is 0 Å². The first kappa shape index (κ1) is 17.0. The summed E-state index contributed by atoms with van der Waals surface area (Å²) in [6.45, 7) is 3.80. The first-order valence-electron chi connectivity index (χ1n) is 8.30. The van der Waals surface area contributed by atoms with Gasteiger partial charge in [-0.05, 0) is 49.9 Å². The molecule has 128 valence electrons. The number of ether oxygens (including phenoxy) is 1. The van der Waals surface area contributed by atoms with Gasteiger partial charge in [0.1, 0.15) is 5.75 Å². The molecular weight excluding hydrogens is 322 g/mol. The van der Waals surface area contributed by atoms with E-state index in [9.17, 15) is 8.42 Å². The van der Waals surface area contributed by atoms with Crippen molar-refractivity contribution in [1.82, 2.24) is 4.31 Å². The van der Waals surface area contributed by atoms with Gasteiger partial charge in [0.15, 0.2) is 0 Å². The lowest BCUT2D eigenvalue weighted by atomic mass is 9.99. The predicted molar refractivity (Wildman–Crippen MR) is 94.6 cm³/mol. The first-order chi connectivity index (χ1) is 11.6. The zero-order chi connectivity index (χ0) is 17.0. The summed E-state index contributed by atoms with van der Waals surface area (Å²) in [7, 11) is -3.36. The lowest BCUT2D eigenvalue weighted by molar-refractivity contribution is 0.185. The normalized spacial score (nSPS) is 16.9. The van der Waals surface area contributed by atoms with Crippen LogP contribution in [0.2, 0.25) is 0 Å². The number of sulfonamides is 1. The second-order valence-electron chi connectivity index (χ2n) is 6.28. The van der Waals surface area contributed by atoms with Crippen molar-refractivity contribution in [3.8, 4) is 5.75 Å². The highest BCUT2D eigenvalue weighted by Gasteiger charge is 2.29. The molecule has 5 heteroatoms. The molecule has 1 aliphatic rings. The molecule has 0 N–H and O–H groups in total. The number of hydrogen-bond acceptors (Lipinski definition) is 3. The number of nitrogens with zero attached hydrogens (tertiary/aromatic N) is 1. The van der Waals surface area contributed by atoms with Crippen LogP contribution in [0.3, 0.4) is 0 Å². The number of aryl methyl sites for hydroxylation is 1. The van der Waals surface area contributed by atoms with Crippen molar-refractivity contribution < 1.29 is 13.2 Å². The molecule has 1 aliphatic heterocycles. The van der Waals surface area contributed by atoms with Gasteiger partial charge in [-0.25, -0.2) is 8.42 Å². The largest absolute Gasteiger partial charge is 0.493 e. The third-order valence-corrected chi connectivity index (χ3v) is 6.37. The fraction of sp³-hybridized carbons (Fsp3) is 0.368. The molecule has 2 aromatic carbocycles. The van der Waals surface area contributed by atoms with Crippen LogP contribution in [-0.2, 0) is 10.0 Å². The number of rotatable bonds is 5. The summed E-state index contributed by atoms with van der Waals surface area (Å²) >= 11 is 0. The molecule has 1 heterocycles. The van der Waals surface area contributed by atoms with E-state index in [-0.39, 0.29) is 0 Å². The lowest BCUT2D eigenvalue weighted by Crippen LogP contribution is -2.39. The average Bonchev–Trinajstić information content (AvgIpc) is 2.62. The lowest BCUT2D eigenvalue weighted by Gasteiger charge is -2.31. The van der Waals surface area contributed by atoms with E-state index in [0.717, 1.165) is 18.6 Å². The highest BCUT2D eigenvalue weighted by atomic mass is 32.2. The van der Waals surface area contributed by atoms with Crippen LogP contribution in [0, 0.1) is 12.8 Å². The Labute approximate surface area is 144 Å². The van der Waals surface area contributed by atoms with E-state index in [2.05, 4.69) is 0 Å². The van der Waals surface area contributed by atoms with Crippen LogP contribution in [0.1, 0.15) is 18.4 Å². The highest BCUT2D eigenvalue weighted by Crippen LogP contribution is 2.24. The molecule has 0 bridgehead atoms. The molecule has 2 aromatic rings. The smallest absolute Gasteiger partial charge is 0.243 e. The molecule has 0 unspecified atom stereocenters. The Morgan fingerprint density at radius 1 is 1.00 bits per heavy atom. The zero-order valence-electron chi connectivity index (χ0n) is 13.9. The van der Waals surface area contributed by atoms with Gasteiger partial charge in [-0.1, -0.05) is 35.9 Å². The van der Waals surface area contributed by atoms with Crippen molar-refractivity contribution in [1.29, 1.82) is 0 Å². The van der Waals surface area contributed by atoms with Crippen LogP contribution in [0.25, 0.3) is 0 Å². The van der Waals surface area contributed by atoms with Gasteiger partial charge in [-0.15, -0.1) is 0 Å². The number of hydrogen-bond donors (Lipinski definition) is 0. The Morgan fingerprint density at radius 2 is 1.62 bits per heavy atom. The van der Waals surface area contributed by atoms with E-state index >= 15 is 0 Å². The summed E-state index contributed by atoms with van der Waals surface area (Å²) in [5.74, 6) is 1.27. The van der Waals surface area contributed by atoms with Gasteiger partial charge < -0.3 is 4.74 Å². The molecule has 1 fully saturated rings. The van der Waals surface area contributed by atoms with Crippen molar-refractivity contribution in [2.24, 2.45) is 5.92 Å². The maximum absolute atomic E-state index is 12.6. The van der Waals surface area contributed by atoms with Crippen LogP contribution in [-0.4, -0.2) is 32.4 Å². The van der Waals surface area contributed by atoms with Crippen molar-refractivity contribution in [2.45, 2.75) is 24.7 Å². The topological polar surface area (TPSA) is 46.6 Å². The van der Waals surface area contributed by atoms with Crippen molar-refractivity contribution in [2.75, 3.05) is 19.7 Å². The molecule has 3 rings (SSSR count). The Hall–Kier alpha value is -1.85. The summed E-state index contributed by atoms with van der Waals surface area (Å²) in [5.41, 5.74) is 1.21. The summed E-state index contributed by atoms with van der Waals surface area (Å²) in [6.07, 6.45) is 1.66. The van der Waals surface area contributed by atoms with Gasteiger partial charge in [0, 0.05) is 13.1 Å². The van der Waals surface area contributed by atoms with Gasteiger partial charge in [0.25, 0.3) is 0 Å². The Bertz CT molecular complexity index is 749. The van der Waals surface area contributed by atoms with Crippen LogP contribution in [0.15, 0.2) is 59.5 Å². The van der Waals surface area contributed by atoms with Gasteiger partial charge in [0.2, 0.25) is 10.0 Å². The molecule has 0 radical (unpaired) electrons. The van der Waals surface area contributed by atoms with Gasteiger partial charge in [0.05, 0.1) is 11.5 Å². The molecule has 0 spiro atoms. The quantitative estimate of drug-likeness (QED) is 0.833. The second kappa shape index (κ2) is 7.36. The van der Waals surface area contributed by atoms with Gasteiger partial charge in [-0.3, -0.25) is 0 Å². The second-order valence-corrected chi connectivity index (χ2v) is 8.22. The SMILES string of the molecule is Cc1ccc(OCC2CCN(S(=O)(=O)c3ccccc3)CC2)cc1. The Balaban J connectivity index is 1.53. The van der Waals surface area contributed by atoms with Gasteiger partial charge in [-0.2, -0.15) is 4.31 Å². The van der Waals surface area contributed by atoms with Crippen LogP contribution >= 0.6 is 0 Å². The Morgan fingerprint density at radius 3 is 2.25 bits per heavy atom. The van der Waals surface area contributed by atoms with E-state index in [4.69, 9.17) is 4.74 Å². The Kier molecular flexibility index (Phi) is 5.21. The summed E-state index contributed by atoms with van der Waals surface area (Å²) in [4.78, 5) is 0.374. The minimum absolute atomic E-state index is 0.374. The minimum atomic E-state index is -3.36. The van der Waals surface area contributed by atoms with Crippen molar-refractivity contribution in [3.63, 3.8) is 0 Å². The van der Waals surface area contributed by atoms with Crippen LogP contribution < -0.4 is 4.74 Å². The maximum Gasteiger partial charge on any atom is 0.243 e. The molecule has 1 saturated heterocycles. The summed E-state index contributed by atoms with van der Waals surface area (Å²) in [5, 5.41) is 0. The fourth-order valence-electron chi connectivity index (χ4n) is 2.91. The molecule has 0 amide bonds. The van der Waals surface area contributed by atoms with Gasteiger partial charge >= 0.3 is 0 Å². The monoisotopic (exact) mass is 345 g/mol. The molecule has 0 aromatic heterocycles. The third-order valence-electron chi connectivity index (χ3n) is 4.46. The van der Waals surface area contributed by atoms with E-state index in [1.807, 2.05) is 37.3 Å². The van der Waals surface area contributed by atoms with Crippen LogP contribution in [0.5, 0.6) is 5.75 Å². The first-order valence-corrected chi connectivity index (χ1v) is 9.74. The van der Waals surface area contributed by atoms with E-state index in [1.54, 1.807) is 28.6 Å². The zero-order valence-corrected chi connectivity index (χ0v) is 14.7. The van der Waals surface area contributed by atoms with Crippen molar-refractivity contribution in [3.05, 3.63) is 60.2 Å². The molecule has 0 saturated carbocycles. The number of benzene rings is 2. The van der Waals surface area contributed by atoms with E-state index < -0.39 is 10.0 Å². The van der Waals surface area contributed by atoms with E-state index in [0.29, 0.717) is 30.5 Å². The third kappa shape index (κ3) is 3.97. The molecular formula is C19H23NO3S. The average molecular weight is 345 g/mol. The fourth-order valence-corrected chi connectivity index (χ4v) is 4.40. The molecule has 0 aliphatic carbocycles. The minimum Gasteiger partial charge on any atom is -0.493 e. The summed E-state index contributed by atoms with van der Waals surface area (Å²) in [6, 6.07) is 16.7. The molecule has 0 atom stereocenters. The highest BCUT2D eigenvalue weighted by molar-refractivity contribution is 7.89. The van der Waals surface area contributed by atoms with Crippen molar-refractivity contribution >= 4 is 10.0 Å². The maximum atomic E-state index is 12.6. The predicted octanol–water partition coefficient (Wildman–Crippen LogP) is 3.47.